The molecule has 0 saturated carbocycles. The Kier molecular flexibility index (Phi) is 5.12. The van der Waals surface area contributed by atoms with Gasteiger partial charge < -0.3 is 9.64 Å². The molecule has 138 valence electrons. The fourth-order valence-corrected chi connectivity index (χ4v) is 3.31. The van der Waals surface area contributed by atoms with Gasteiger partial charge in [0.25, 0.3) is 11.5 Å². The first-order valence-electron chi connectivity index (χ1n) is 8.38. The van der Waals surface area contributed by atoms with E-state index in [0.29, 0.717) is 45.1 Å². The van der Waals surface area contributed by atoms with Crippen molar-refractivity contribution in [2.24, 2.45) is 5.92 Å². The second-order valence-electron chi connectivity index (χ2n) is 6.53. The summed E-state index contributed by atoms with van der Waals surface area (Å²) in [5.74, 6) is 0.147. The number of alkyl halides is 3. The van der Waals surface area contributed by atoms with E-state index in [-0.39, 0.29) is 17.9 Å². The average molecular weight is 359 g/mol. The summed E-state index contributed by atoms with van der Waals surface area (Å²) < 4.78 is 44.3. The number of carbonyl (C=O) groups excluding carboxylic acids is 1. The highest BCUT2D eigenvalue weighted by Gasteiger charge is 2.34. The van der Waals surface area contributed by atoms with Crippen molar-refractivity contribution >= 4 is 5.91 Å². The van der Waals surface area contributed by atoms with E-state index in [9.17, 15) is 22.8 Å². The average Bonchev–Trinajstić information content (AvgIpc) is 3.10. The Morgan fingerprint density at radius 2 is 2.00 bits per heavy atom. The molecular formula is C16H20F3N3O3. The summed E-state index contributed by atoms with van der Waals surface area (Å²) in [6, 6.07) is 0.524. The van der Waals surface area contributed by atoms with Crippen molar-refractivity contribution in [2.75, 3.05) is 19.7 Å². The Morgan fingerprint density at radius 1 is 1.28 bits per heavy atom. The van der Waals surface area contributed by atoms with Crippen LogP contribution in [-0.2, 0) is 22.3 Å². The van der Waals surface area contributed by atoms with E-state index in [1.165, 1.54) is 4.57 Å². The monoisotopic (exact) mass is 359 g/mol. The Labute approximate surface area is 142 Å². The lowest BCUT2D eigenvalue weighted by molar-refractivity contribution is -0.142. The van der Waals surface area contributed by atoms with Crippen LogP contribution in [0.5, 0.6) is 0 Å². The topological polar surface area (TPSA) is 64.4 Å². The summed E-state index contributed by atoms with van der Waals surface area (Å²) in [6.45, 7) is 2.08. The van der Waals surface area contributed by atoms with Gasteiger partial charge in [-0.2, -0.15) is 13.2 Å². The number of piperidine rings is 1. The van der Waals surface area contributed by atoms with Crippen LogP contribution in [0.25, 0.3) is 0 Å². The summed E-state index contributed by atoms with van der Waals surface area (Å²) >= 11 is 0. The number of nitrogens with zero attached hydrogens (tertiary/aromatic N) is 3. The predicted octanol–water partition coefficient (Wildman–Crippen LogP) is 1.68. The molecule has 0 aromatic carbocycles. The lowest BCUT2D eigenvalue weighted by Gasteiger charge is -2.33. The first kappa shape index (κ1) is 17.9. The van der Waals surface area contributed by atoms with Gasteiger partial charge in [0.15, 0.2) is 5.69 Å². The van der Waals surface area contributed by atoms with Crippen LogP contribution in [-0.4, -0.2) is 46.2 Å². The molecule has 1 aromatic rings. The van der Waals surface area contributed by atoms with E-state index in [0.717, 1.165) is 19.2 Å². The van der Waals surface area contributed by atoms with Crippen molar-refractivity contribution in [3.8, 4) is 0 Å². The van der Waals surface area contributed by atoms with Crippen molar-refractivity contribution in [3.05, 3.63) is 28.4 Å². The van der Waals surface area contributed by atoms with Gasteiger partial charge in [0.2, 0.25) is 0 Å². The second-order valence-corrected chi connectivity index (χ2v) is 6.53. The number of likely N-dealkylation sites (tertiary alicyclic amines) is 1. The number of hydrogen-bond donors (Lipinski definition) is 0. The zero-order valence-corrected chi connectivity index (χ0v) is 13.7. The maximum atomic E-state index is 12.5. The molecule has 2 aliphatic rings. The minimum absolute atomic E-state index is 0.0179. The molecule has 25 heavy (non-hydrogen) atoms. The zero-order valence-electron chi connectivity index (χ0n) is 13.7. The SMILES string of the molecule is O=C(C1CCCO1)N1CCC(Cn2cnc(C(F)(F)F)cc2=O)CC1. The van der Waals surface area contributed by atoms with Crippen LogP contribution in [0.2, 0.25) is 0 Å². The standard InChI is InChI=1S/C16H20F3N3O3/c17-16(18,19)13-8-14(23)22(10-20-13)9-11-3-5-21(6-4-11)15(24)12-2-1-7-25-12/h8,10-12H,1-7,9H2. The molecule has 0 N–H and O–H groups in total. The van der Waals surface area contributed by atoms with Crippen LogP contribution in [0.1, 0.15) is 31.4 Å². The van der Waals surface area contributed by atoms with Crippen LogP contribution in [0.3, 0.4) is 0 Å². The first-order valence-corrected chi connectivity index (χ1v) is 8.38. The van der Waals surface area contributed by atoms with Crippen LogP contribution < -0.4 is 5.56 Å². The third kappa shape index (κ3) is 4.20. The van der Waals surface area contributed by atoms with Gasteiger partial charge in [-0.25, -0.2) is 4.98 Å². The van der Waals surface area contributed by atoms with Gasteiger partial charge in [-0.3, -0.25) is 14.2 Å². The van der Waals surface area contributed by atoms with Crippen molar-refractivity contribution in [3.63, 3.8) is 0 Å². The minimum atomic E-state index is -4.62. The minimum Gasteiger partial charge on any atom is -0.368 e. The first-order chi connectivity index (χ1) is 11.8. The molecule has 1 atom stereocenters. The molecule has 0 spiro atoms. The zero-order chi connectivity index (χ0) is 18.0. The molecule has 9 heteroatoms. The van der Waals surface area contributed by atoms with E-state index < -0.39 is 17.4 Å². The lowest BCUT2D eigenvalue weighted by atomic mass is 9.96. The quantitative estimate of drug-likeness (QED) is 0.824. The highest BCUT2D eigenvalue weighted by atomic mass is 19.4. The van der Waals surface area contributed by atoms with E-state index in [1.807, 2.05) is 0 Å². The molecule has 0 aliphatic carbocycles. The molecule has 2 fully saturated rings. The van der Waals surface area contributed by atoms with E-state index in [4.69, 9.17) is 4.74 Å². The summed E-state index contributed by atoms with van der Waals surface area (Å²) in [6.07, 6.45) is -0.945. The fraction of sp³-hybridized carbons (Fsp3) is 0.688. The maximum Gasteiger partial charge on any atom is 0.433 e. The predicted molar refractivity (Wildman–Crippen MR) is 81.8 cm³/mol. The normalized spacial score (nSPS) is 22.4. The van der Waals surface area contributed by atoms with Crippen molar-refractivity contribution in [2.45, 2.75) is 44.5 Å². The molecule has 3 heterocycles. The molecule has 3 rings (SSSR count). The highest BCUT2D eigenvalue weighted by molar-refractivity contribution is 5.81. The smallest absolute Gasteiger partial charge is 0.368 e. The third-order valence-corrected chi connectivity index (χ3v) is 4.76. The van der Waals surface area contributed by atoms with Crippen molar-refractivity contribution in [1.82, 2.24) is 14.5 Å². The number of hydrogen-bond acceptors (Lipinski definition) is 4. The number of halogens is 3. The Hall–Kier alpha value is -1.90. The van der Waals surface area contributed by atoms with Gasteiger partial charge in [0.1, 0.15) is 6.10 Å². The Balaban J connectivity index is 1.55. The number of carbonyl (C=O) groups is 1. The van der Waals surface area contributed by atoms with Gasteiger partial charge in [-0.15, -0.1) is 0 Å². The summed E-state index contributed by atoms with van der Waals surface area (Å²) in [5, 5.41) is 0. The molecular weight excluding hydrogens is 339 g/mol. The number of ether oxygens (including phenoxy) is 1. The number of aromatic nitrogens is 2. The van der Waals surface area contributed by atoms with Gasteiger partial charge in [0, 0.05) is 32.3 Å². The van der Waals surface area contributed by atoms with E-state index in [2.05, 4.69) is 4.98 Å². The Morgan fingerprint density at radius 3 is 2.56 bits per heavy atom. The highest BCUT2D eigenvalue weighted by Crippen LogP contribution is 2.26. The van der Waals surface area contributed by atoms with E-state index in [1.54, 1.807) is 4.90 Å². The summed E-state index contributed by atoms with van der Waals surface area (Å²) in [7, 11) is 0. The molecule has 6 nitrogen and oxygen atoms in total. The third-order valence-electron chi connectivity index (χ3n) is 4.76. The maximum absolute atomic E-state index is 12.5. The Bertz CT molecular complexity index is 675. The van der Waals surface area contributed by atoms with Crippen LogP contribution in [0.4, 0.5) is 13.2 Å². The van der Waals surface area contributed by atoms with Crippen LogP contribution >= 0.6 is 0 Å². The molecule has 0 bridgehead atoms. The van der Waals surface area contributed by atoms with Gasteiger partial charge in [-0.1, -0.05) is 0 Å². The fourth-order valence-electron chi connectivity index (χ4n) is 3.31. The van der Waals surface area contributed by atoms with E-state index >= 15 is 0 Å². The van der Waals surface area contributed by atoms with Crippen molar-refractivity contribution in [1.29, 1.82) is 0 Å². The molecule has 0 radical (unpaired) electrons. The van der Waals surface area contributed by atoms with Gasteiger partial charge in [-0.05, 0) is 31.6 Å². The van der Waals surface area contributed by atoms with Gasteiger partial charge >= 0.3 is 6.18 Å². The van der Waals surface area contributed by atoms with Crippen molar-refractivity contribution < 1.29 is 22.7 Å². The van der Waals surface area contributed by atoms with Crippen LogP contribution in [0.15, 0.2) is 17.2 Å². The van der Waals surface area contributed by atoms with Gasteiger partial charge in [0.05, 0.1) is 6.33 Å². The number of amides is 1. The molecule has 2 aliphatic heterocycles. The molecule has 2 saturated heterocycles. The van der Waals surface area contributed by atoms with Crippen LogP contribution in [0, 0.1) is 5.92 Å². The summed E-state index contributed by atoms with van der Waals surface area (Å²) in [5.41, 5.74) is -1.88. The molecule has 1 aromatic heterocycles. The lowest BCUT2D eigenvalue weighted by Crippen LogP contribution is -2.44. The second kappa shape index (κ2) is 7.15. The molecule has 1 unspecified atom stereocenters. The number of rotatable bonds is 3. The largest absolute Gasteiger partial charge is 0.433 e. The summed E-state index contributed by atoms with van der Waals surface area (Å²) in [4.78, 5) is 29.2. The molecule has 1 amide bonds.